The fraction of sp³-hybridized carbons (Fsp3) is 0.600. The molecule has 0 spiro atoms. The van der Waals surface area contributed by atoms with Gasteiger partial charge < -0.3 is 14.6 Å². The van der Waals surface area contributed by atoms with Crippen molar-refractivity contribution in [2.75, 3.05) is 19.8 Å². The van der Waals surface area contributed by atoms with E-state index in [4.69, 9.17) is 18.8 Å². The van der Waals surface area contributed by atoms with Crippen LogP contribution < -0.4 is 4.74 Å². The quantitative estimate of drug-likeness (QED) is 0.695. The van der Waals surface area contributed by atoms with Gasteiger partial charge in [0, 0.05) is 0 Å². The highest BCUT2D eigenvalue weighted by Gasteiger charge is 2.23. The van der Waals surface area contributed by atoms with Gasteiger partial charge in [-0.15, -0.1) is 0 Å². The normalized spacial score (nSPS) is 14.6. The number of benzene rings is 1. The van der Waals surface area contributed by atoms with E-state index in [1.165, 1.54) is 6.07 Å². The molecule has 2 atom stereocenters. The van der Waals surface area contributed by atoms with Gasteiger partial charge in [0.25, 0.3) is 0 Å². The molecule has 126 valence electrons. The van der Waals surface area contributed by atoms with Crippen molar-refractivity contribution in [2.24, 2.45) is 0 Å². The number of hydrogen-bond donors (Lipinski definition) is 1. The zero-order valence-electron chi connectivity index (χ0n) is 13.4. The first kappa shape index (κ1) is 18.9. The second kappa shape index (κ2) is 8.47. The van der Waals surface area contributed by atoms with E-state index in [1.807, 2.05) is 6.92 Å². The van der Waals surface area contributed by atoms with E-state index in [2.05, 4.69) is 0 Å². The summed E-state index contributed by atoms with van der Waals surface area (Å²) in [6.45, 7) is 7.22. The zero-order valence-corrected chi connectivity index (χ0v) is 14.2. The SMILES string of the molecule is CCOS(=O)(=O)c1ccc(C)cc1O[C@H](C)[C@@H](C)OCCO. The molecule has 0 bridgehead atoms. The third-order valence-corrected chi connectivity index (χ3v) is 4.51. The minimum absolute atomic E-state index is 0.00107. The van der Waals surface area contributed by atoms with E-state index in [-0.39, 0.29) is 42.7 Å². The van der Waals surface area contributed by atoms with Crippen LogP contribution in [0.5, 0.6) is 5.75 Å². The number of aliphatic hydroxyl groups excluding tert-OH is 1. The molecular formula is C15H24O6S. The molecule has 0 aliphatic heterocycles. The smallest absolute Gasteiger partial charge is 0.300 e. The lowest BCUT2D eigenvalue weighted by Crippen LogP contribution is -2.30. The third-order valence-electron chi connectivity index (χ3n) is 3.09. The first-order chi connectivity index (χ1) is 10.3. The molecule has 1 aromatic carbocycles. The van der Waals surface area contributed by atoms with Gasteiger partial charge in [0.1, 0.15) is 16.7 Å². The van der Waals surface area contributed by atoms with Crippen molar-refractivity contribution < 1.29 is 27.2 Å². The highest BCUT2D eigenvalue weighted by atomic mass is 32.2. The van der Waals surface area contributed by atoms with Crippen LogP contribution >= 0.6 is 0 Å². The summed E-state index contributed by atoms with van der Waals surface area (Å²) in [5.74, 6) is 0.236. The molecule has 1 aromatic rings. The number of aryl methyl sites for hydroxylation is 1. The largest absolute Gasteiger partial charge is 0.487 e. The molecule has 0 unspecified atom stereocenters. The third kappa shape index (κ3) is 5.24. The average Bonchev–Trinajstić information content (AvgIpc) is 2.44. The van der Waals surface area contributed by atoms with Crippen molar-refractivity contribution in [1.29, 1.82) is 0 Å². The Morgan fingerprint density at radius 1 is 1.23 bits per heavy atom. The van der Waals surface area contributed by atoms with Gasteiger partial charge in [0.2, 0.25) is 0 Å². The Balaban J connectivity index is 3.01. The Labute approximate surface area is 132 Å². The summed E-state index contributed by atoms with van der Waals surface area (Å²) >= 11 is 0. The van der Waals surface area contributed by atoms with Crippen LogP contribution in [0.15, 0.2) is 23.1 Å². The van der Waals surface area contributed by atoms with Crippen LogP contribution in [0.1, 0.15) is 26.3 Å². The second-order valence-corrected chi connectivity index (χ2v) is 6.52. The second-order valence-electron chi connectivity index (χ2n) is 4.93. The van der Waals surface area contributed by atoms with Crippen LogP contribution in [0.3, 0.4) is 0 Å². The molecule has 22 heavy (non-hydrogen) atoms. The average molecular weight is 332 g/mol. The predicted molar refractivity (Wildman–Crippen MR) is 82.6 cm³/mol. The highest BCUT2D eigenvalue weighted by molar-refractivity contribution is 7.86. The molecule has 0 aromatic heterocycles. The minimum atomic E-state index is -3.85. The maximum Gasteiger partial charge on any atom is 0.300 e. The Hall–Kier alpha value is -1.15. The van der Waals surface area contributed by atoms with Crippen molar-refractivity contribution >= 4 is 10.1 Å². The van der Waals surface area contributed by atoms with Crippen LogP contribution in [0, 0.1) is 6.92 Å². The molecule has 1 N–H and O–H groups in total. The predicted octanol–water partition coefficient (Wildman–Crippen LogP) is 1.88. The number of hydrogen-bond acceptors (Lipinski definition) is 6. The summed E-state index contributed by atoms with van der Waals surface area (Å²) in [4.78, 5) is 0.00107. The summed E-state index contributed by atoms with van der Waals surface area (Å²) < 4.78 is 40.2. The van der Waals surface area contributed by atoms with Gasteiger partial charge in [-0.1, -0.05) is 6.07 Å². The van der Waals surface area contributed by atoms with E-state index < -0.39 is 10.1 Å². The summed E-state index contributed by atoms with van der Waals surface area (Å²) in [7, 11) is -3.85. The molecule has 7 heteroatoms. The van der Waals surface area contributed by atoms with Crippen LogP contribution in [0.25, 0.3) is 0 Å². The van der Waals surface area contributed by atoms with Crippen LogP contribution in [0.4, 0.5) is 0 Å². The van der Waals surface area contributed by atoms with Crippen molar-refractivity contribution in [2.45, 2.75) is 44.8 Å². The molecule has 6 nitrogen and oxygen atoms in total. The highest BCUT2D eigenvalue weighted by Crippen LogP contribution is 2.28. The van der Waals surface area contributed by atoms with Gasteiger partial charge >= 0.3 is 10.1 Å². The van der Waals surface area contributed by atoms with Crippen LogP contribution in [-0.2, 0) is 19.0 Å². The zero-order chi connectivity index (χ0) is 16.8. The van der Waals surface area contributed by atoms with Gasteiger partial charge in [-0.25, -0.2) is 0 Å². The minimum Gasteiger partial charge on any atom is -0.487 e. The lowest BCUT2D eigenvalue weighted by Gasteiger charge is -2.23. The van der Waals surface area contributed by atoms with E-state index in [0.717, 1.165) is 5.56 Å². The number of ether oxygens (including phenoxy) is 2. The van der Waals surface area contributed by atoms with E-state index in [1.54, 1.807) is 32.9 Å². The van der Waals surface area contributed by atoms with Gasteiger partial charge in [0.15, 0.2) is 0 Å². The van der Waals surface area contributed by atoms with Gasteiger partial charge in [0.05, 0.1) is 25.9 Å². The number of rotatable bonds is 9. The van der Waals surface area contributed by atoms with Gasteiger partial charge in [-0.2, -0.15) is 8.42 Å². The molecule has 0 amide bonds. The van der Waals surface area contributed by atoms with E-state index >= 15 is 0 Å². The van der Waals surface area contributed by atoms with Crippen LogP contribution in [0.2, 0.25) is 0 Å². The lowest BCUT2D eigenvalue weighted by atomic mass is 10.2. The molecule has 0 fully saturated rings. The summed E-state index contributed by atoms with van der Waals surface area (Å²) in [6, 6.07) is 4.82. The Morgan fingerprint density at radius 3 is 2.50 bits per heavy atom. The first-order valence-corrected chi connectivity index (χ1v) is 8.61. The van der Waals surface area contributed by atoms with Gasteiger partial charge in [-0.3, -0.25) is 4.18 Å². The monoisotopic (exact) mass is 332 g/mol. The Morgan fingerprint density at radius 2 is 1.91 bits per heavy atom. The molecule has 0 saturated carbocycles. The van der Waals surface area contributed by atoms with Crippen molar-refractivity contribution in [3.63, 3.8) is 0 Å². The fourth-order valence-corrected chi connectivity index (χ4v) is 2.83. The molecule has 0 aliphatic rings. The molecule has 0 saturated heterocycles. The standard InChI is InChI=1S/C15H24O6S/c1-5-20-22(17,18)15-7-6-11(2)10-14(15)21-13(4)12(3)19-9-8-16/h6-7,10,12-13,16H,5,8-9H2,1-4H3/t12-,13-/m1/s1. The Kier molecular flexibility index (Phi) is 7.28. The van der Waals surface area contributed by atoms with Crippen molar-refractivity contribution in [3.05, 3.63) is 23.8 Å². The summed E-state index contributed by atoms with van der Waals surface area (Å²) in [5.41, 5.74) is 0.876. The first-order valence-electron chi connectivity index (χ1n) is 7.21. The lowest BCUT2D eigenvalue weighted by molar-refractivity contribution is -0.0211. The summed E-state index contributed by atoms with van der Waals surface area (Å²) in [6.07, 6.45) is -0.681. The number of aliphatic hydroxyl groups is 1. The topological polar surface area (TPSA) is 82.1 Å². The molecule has 0 radical (unpaired) electrons. The van der Waals surface area contributed by atoms with E-state index in [0.29, 0.717) is 0 Å². The van der Waals surface area contributed by atoms with E-state index in [9.17, 15) is 8.42 Å². The van der Waals surface area contributed by atoms with Gasteiger partial charge in [-0.05, 0) is 45.4 Å². The fourth-order valence-electron chi connectivity index (χ4n) is 1.80. The summed E-state index contributed by atoms with van der Waals surface area (Å²) in [5, 5.41) is 8.77. The molecule has 1 rings (SSSR count). The maximum absolute atomic E-state index is 12.1. The van der Waals surface area contributed by atoms with Crippen molar-refractivity contribution in [1.82, 2.24) is 0 Å². The van der Waals surface area contributed by atoms with Crippen molar-refractivity contribution in [3.8, 4) is 5.75 Å². The molecule has 0 heterocycles. The Bertz CT molecular complexity index is 569. The van der Waals surface area contributed by atoms with Crippen LogP contribution in [-0.4, -0.2) is 45.6 Å². The molecule has 0 aliphatic carbocycles. The molecular weight excluding hydrogens is 308 g/mol. The maximum atomic E-state index is 12.1.